The number of anilines is 1. The van der Waals surface area contributed by atoms with Crippen molar-refractivity contribution < 1.29 is 4.79 Å². The fourth-order valence-electron chi connectivity index (χ4n) is 4.45. The van der Waals surface area contributed by atoms with Gasteiger partial charge >= 0.3 is 0 Å². The van der Waals surface area contributed by atoms with E-state index in [1.807, 2.05) is 17.4 Å². The van der Waals surface area contributed by atoms with E-state index in [1.54, 1.807) is 0 Å². The van der Waals surface area contributed by atoms with Crippen molar-refractivity contribution in [3.8, 4) is 0 Å². The van der Waals surface area contributed by atoms with Crippen LogP contribution in [-0.2, 0) is 0 Å². The molecule has 1 aromatic heterocycles. The standard InChI is InChI=1S/C23H29N3OS/c1-3-26(4-2)13-12-24-23(27)16-10-11-20-19(15-16)17-7-5-8-18(17)22(25-20)21-9-6-14-28-21/h5-7,9-11,14-15,17-18,22,25H,3-4,8,12-13H2,1-2H3,(H,24,27). The van der Waals surface area contributed by atoms with Crippen LogP contribution in [0.2, 0.25) is 0 Å². The van der Waals surface area contributed by atoms with E-state index in [-0.39, 0.29) is 5.91 Å². The lowest BCUT2D eigenvalue weighted by Crippen LogP contribution is -2.35. The van der Waals surface area contributed by atoms with Crippen molar-refractivity contribution in [2.45, 2.75) is 32.2 Å². The predicted octanol–water partition coefficient (Wildman–Crippen LogP) is 4.65. The lowest BCUT2D eigenvalue weighted by atomic mass is 9.78. The minimum atomic E-state index is 0.0221. The number of hydrogen-bond acceptors (Lipinski definition) is 4. The summed E-state index contributed by atoms with van der Waals surface area (Å²) >= 11 is 1.82. The van der Waals surface area contributed by atoms with Crippen molar-refractivity contribution in [3.05, 3.63) is 63.9 Å². The van der Waals surface area contributed by atoms with Gasteiger partial charge in [-0.2, -0.15) is 0 Å². The first-order chi connectivity index (χ1) is 13.7. The number of hydrogen-bond donors (Lipinski definition) is 2. The highest BCUT2D eigenvalue weighted by Crippen LogP contribution is 2.50. The lowest BCUT2D eigenvalue weighted by Gasteiger charge is -2.37. The van der Waals surface area contributed by atoms with Crippen LogP contribution < -0.4 is 10.6 Å². The maximum Gasteiger partial charge on any atom is 0.251 e. The molecule has 0 saturated heterocycles. The number of thiophene rings is 1. The van der Waals surface area contributed by atoms with Crippen LogP contribution in [-0.4, -0.2) is 37.0 Å². The van der Waals surface area contributed by atoms with E-state index in [4.69, 9.17) is 0 Å². The van der Waals surface area contributed by atoms with E-state index in [2.05, 4.69) is 71.2 Å². The molecule has 2 aromatic rings. The van der Waals surface area contributed by atoms with Crippen LogP contribution in [0.15, 0.2) is 47.9 Å². The quantitative estimate of drug-likeness (QED) is 0.671. The summed E-state index contributed by atoms with van der Waals surface area (Å²) in [6.07, 6.45) is 5.70. The molecular weight excluding hydrogens is 366 g/mol. The Kier molecular flexibility index (Phi) is 5.83. The summed E-state index contributed by atoms with van der Waals surface area (Å²) in [6, 6.07) is 10.8. The van der Waals surface area contributed by atoms with Gasteiger partial charge in [-0.3, -0.25) is 4.79 Å². The van der Waals surface area contributed by atoms with Gasteiger partial charge in [0.25, 0.3) is 5.91 Å². The van der Waals surface area contributed by atoms with Gasteiger partial charge in [-0.25, -0.2) is 0 Å². The van der Waals surface area contributed by atoms with Crippen molar-refractivity contribution >= 4 is 22.9 Å². The smallest absolute Gasteiger partial charge is 0.251 e. The molecule has 2 N–H and O–H groups in total. The summed E-state index contributed by atoms with van der Waals surface area (Å²) in [7, 11) is 0. The summed E-state index contributed by atoms with van der Waals surface area (Å²) in [5.74, 6) is 0.924. The summed E-state index contributed by atoms with van der Waals surface area (Å²) in [6.45, 7) is 7.90. The Morgan fingerprint density at radius 3 is 2.89 bits per heavy atom. The number of amides is 1. The number of nitrogens with zero attached hydrogens (tertiary/aromatic N) is 1. The van der Waals surface area contributed by atoms with E-state index in [1.165, 1.54) is 10.4 Å². The Labute approximate surface area is 171 Å². The first kappa shape index (κ1) is 19.2. The molecule has 4 nitrogen and oxygen atoms in total. The molecule has 3 atom stereocenters. The molecule has 0 spiro atoms. The Morgan fingerprint density at radius 2 is 2.14 bits per heavy atom. The first-order valence-corrected chi connectivity index (χ1v) is 11.2. The second-order valence-corrected chi connectivity index (χ2v) is 8.56. The molecule has 2 aliphatic rings. The Morgan fingerprint density at radius 1 is 1.29 bits per heavy atom. The molecule has 0 saturated carbocycles. The average molecular weight is 396 g/mol. The molecule has 148 valence electrons. The number of rotatable bonds is 7. The van der Waals surface area contributed by atoms with E-state index in [0.29, 0.717) is 24.4 Å². The highest BCUT2D eigenvalue weighted by atomic mass is 32.1. The summed E-state index contributed by atoms with van der Waals surface area (Å²) in [5, 5.41) is 8.97. The van der Waals surface area contributed by atoms with E-state index < -0.39 is 0 Å². The van der Waals surface area contributed by atoms with Crippen LogP contribution in [0, 0.1) is 5.92 Å². The minimum Gasteiger partial charge on any atom is -0.377 e. The van der Waals surface area contributed by atoms with Crippen LogP contribution in [0.4, 0.5) is 5.69 Å². The fourth-order valence-corrected chi connectivity index (χ4v) is 5.31. The highest BCUT2D eigenvalue weighted by molar-refractivity contribution is 7.10. The van der Waals surface area contributed by atoms with Crippen LogP contribution in [0.3, 0.4) is 0 Å². The van der Waals surface area contributed by atoms with Crippen molar-refractivity contribution in [3.63, 3.8) is 0 Å². The number of allylic oxidation sites excluding steroid dienone is 2. The maximum absolute atomic E-state index is 12.7. The zero-order valence-electron chi connectivity index (χ0n) is 16.7. The van der Waals surface area contributed by atoms with Crippen molar-refractivity contribution in [2.24, 2.45) is 5.92 Å². The Hall–Kier alpha value is -2.11. The van der Waals surface area contributed by atoms with E-state index in [9.17, 15) is 4.79 Å². The third kappa shape index (κ3) is 3.74. The number of nitrogens with one attached hydrogen (secondary N) is 2. The third-order valence-corrected chi connectivity index (χ3v) is 7.04. The molecule has 3 unspecified atom stereocenters. The van der Waals surface area contributed by atoms with Gasteiger partial charge in [0.15, 0.2) is 0 Å². The van der Waals surface area contributed by atoms with Crippen LogP contribution in [0.5, 0.6) is 0 Å². The summed E-state index contributed by atoms with van der Waals surface area (Å²) < 4.78 is 0. The number of carbonyl (C=O) groups excluding carboxylic acids is 1. The van der Waals surface area contributed by atoms with Crippen molar-refractivity contribution in [2.75, 3.05) is 31.5 Å². The van der Waals surface area contributed by atoms with Crippen molar-refractivity contribution in [1.82, 2.24) is 10.2 Å². The maximum atomic E-state index is 12.7. The number of likely N-dealkylation sites (N-methyl/N-ethyl adjacent to an activating group) is 1. The van der Waals surface area contributed by atoms with Gasteiger partial charge in [0.2, 0.25) is 0 Å². The van der Waals surface area contributed by atoms with Crippen LogP contribution in [0.1, 0.15) is 53.0 Å². The second-order valence-electron chi connectivity index (χ2n) is 7.58. The second kappa shape index (κ2) is 8.50. The largest absolute Gasteiger partial charge is 0.377 e. The van der Waals surface area contributed by atoms with Crippen LogP contribution >= 0.6 is 11.3 Å². The number of carbonyl (C=O) groups is 1. The highest BCUT2D eigenvalue weighted by Gasteiger charge is 2.38. The van der Waals surface area contributed by atoms with Gasteiger partial charge in [-0.1, -0.05) is 32.1 Å². The minimum absolute atomic E-state index is 0.0221. The molecule has 4 rings (SSSR count). The molecular formula is C23H29N3OS. The molecule has 1 aliphatic heterocycles. The zero-order valence-corrected chi connectivity index (χ0v) is 17.5. The van der Waals surface area contributed by atoms with Gasteiger partial charge in [0.1, 0.15) is 0 Å². The zero-order chi connectivity index (χ0) is 19.5. The van der Waals surface area contributed by atoms with E-state index >= 15 is 0 Å². The molecule has 0 fully saturated rings. The van der Waals surface area contributed by atoms with Gasteiger partial charge in [0.05, 0.1) is 6.04 Å². The molecule has 1 aromatic carbocycles. The topological polar surface area (TPSA) is 44.4 Å². The Balaban J connectivity index is 1.50. The summed E-state index contributed by atoms with van der Waals surface area (Å²) in [5.41, 5.74) is 3.17. The normalized spacial score (nSPS) is 22.6. The van der Waals surface area contributed by atoms with Gasteiger partial charge in [0, 0.05) is 35.1 Å². The van der Waals surface area contributed by atoms with Crippen LogP contribution in [0.25, 0.3) is 0 Å². The molecule has 1 amide bonds. The Bertz CT molecular complexity index is 842. The molecule has 0 bridgehead atoms. The monoisotopic (exact) mass is 395 g/mol. The predicted molar refractivity (Wildman–Crippen MR) is 117 cm³/mol. The molecule has 0 radical (unpaired) electrons. The SMILES string of the molecule is CCN(CC)CCNC(=O)c1ccc2c(c1)C1C=CCC1C(c1cccs1)N2. The molecule has 2 heterocycles. The van der Waals surface area contributed by atoms with Crippen molar-refractivity contribution in [1.29, 1.82) is 0 Å². The average Bonchev–Trinajstić information content (AvgIpc) is 3.42. The number of fused-ring (bicyclic) bond motifs is 3. The summed E-state index contributed by atoms with van der Waals surface area (Å²) in [4.78, 5) is 16.4. The molecule has 5 heteroatoms. The number of benzene rings is 1. The van der Waals surface area contributed by atoms with Gasteiger partial charge < -0.3 is 15.5 Å². The van der Waals surface area contributed by atoms with Gasteiger partial charge in [-0.05, 0) is 60.6 Å². The van der Waals surface area contributed by atoms with E-state index in [0.717, 1.165) is 37.3 Å². The lowest BCUT2D eigenvalue weighted by molar-refractivity contribution is 0.0949. The third-order valence-electron chi connectivity index (χ3n) is 6.08. The fraction of sp³-hybridized carbons (Fsp3) is 0.435. The molecule has 1 aliphatic carbocycles. The van der Waals surface area contributed by atoms with Gasteiger partial charge in [-0.15, -0.1) is 11.3 Å². The first-order valence-electron chi connectivity index (χ1n) is 10.3. The molecule has 28 heavy (non-hydrogen) atoms.